The van der Waals surface area contributed by atoms with Crippen molar-refractivity contribution in [2.75, 3.05) is 20.8 Å². The lowest BCUT2D eigenvalue weighted by atomic mass is 10.5. The monoisotopic (exact) mass is 200 g/mol. The van der Waals surface area contributed by atoms with Gasteiger partial charge in [0.15, 0.2) is 0 Å². The zero-order valence-corrected chi connectivity index (χ0v) is 8.49. The van der Waals surface area contributed by atoms with Crippen LogP contribution in [0.3, 0.4) is 0 Å². The van der Waals surface area contributed by atoms with Gasteiger partial charge in [-0.1, -0.05) is 13.2 Å². The van der Waals surface area contributed by atoms with Gasteiger partial charge >= 0.3 is 0 Å². The van der Waals surface area contributed by atoms with Crippen LogP contribution in [-0.4, -0.2) is 42.6 Å². The molecule has 0 aliphatic rings. The summed E-state index contributed by atoms with van der Waals surface area (Å²) >= 11 is 0. The summed E-state index contributed by atoms with van der Waals surface area (Å²) in [6.07, 6.45) is 2.37. The molecule has 0 saturated carbocycles. The number of rotatable bonds is 3. The summed E-state index contributed by atoms with van der Waals surface area (Å²) < 4.78 is 0. The molecule has 0 radical (unpaired) electrons. The second-order valence-corrected chi connectivity index (χ2v) is 2.34. The number of hydrogen-bond acceptors (Lipinski definition) is 3. The third-order valence-electron chi connectivity index (χ3n) is 1.05. The maximum absolute atomic E-state index is 10.3. The number of hydrogen-bond donors (Lipinski definition) is 2. The standard InChI is InChI=1S/C5H9NO.C4H7NO2/c1-4-5(7)6(2)3;1-2-4(7)5-3-6/h4H,1H2,2-3H3;2,6H,1,3H2,(H,5,7). The van der Waals surface area contributed by atoms with Crippen LogP contribution in [-0.2, 0) is 9.59 Å². The van der Waals surface area contributed by atoms with E-state index in [2.05, 4.69) is 18.5 Å². The molecule has 14 heavy (non-hydrogen) atoms. The molecule has 80 valence electrons. The van der Waals surface area contributed by atoms with Gasteiger partial charge in [0.05, 0.1) is 0 Å². The molecule has 0 unspecified atom stereocenters. The van der Waals surface area contributed by atoms with E-state index in [-0.39, 0.29) is 18.5 Å². The highest BCUT2D eigenvalue weighted by Crippen LogP contribution is 1.74. The molecule has 5 heteroatoms. The second kappa shape index (κ2) is 9.47. The van der Waals surface area contributed by atoms with Gasteiger partial charge in [0, 0.05) is 14.1 Å². The highest BCUT2D eigenvalue weighted by molar-refractivity contribution is 5.86. The van der Waals surface area contributed by atoms with Gasteiger partial charge < -0.3 is 15.3 Å². The molecule has 0 aromatic rings. The molecule has 0 spiro atoms. The summed E-state index contributed by atoms with van der Waals surface area (Å²) in [6.45, 7) is 6.12. The molecule has 0 aliphatic heterocycles. The molecular weight excluding hydrogens is 184 g/mol. The van der Waals surface area contributed by atoms with Gasteiger partial charge in [0.25, 0.3) is 0 Å². The Hall–Kier alpha value is -1.62. The maximum Gasteiger partial charge on any atom is 0.245 e. The number of carbonyl (C=O) groups excluding carboxylic acids is 2. The van der Waals surface area contributed by atoms with Gasteiger partial charge in [0.2, 0.25) is 11.8 Å². The Bertz CT molecular complexity index is 212. The summed E-state index contributed by atoms with van der Waals surface area (Å²) in [6, 6.07) is 0. The Labute approximate surface area is 83.7 Å². The van der Waals surface area contributed by atoms with Gasteiger partial charge in [0.1, 0.15) is 6.73 Å². The first-order chi connectivity index (χ1) is 6.49. The van der Waals surface area contributed by atoms with E-state index in [9.17, 15) is 9.59 Å². The molecule has 0 atom stereocenters. The molecule has 0 rings (SSSR count). The number of aliphatic hydroxyl groups excluding tert-OH is 1. The minimum Gasteiger partial charge on any atom is -0.376 e. The first-order valence-corrected chi connectivity index (χ1v) is 3.84. The summed E-state index contributed by atoms with van der Waals surface area (Å²) in [4.78, 5) is 21.8. The van der Waals surface area contributed by atoms with E-state index in [0.29, 0.717) is 0 Å². The van der Waals surface area contributed by atoms with Crippen molar-refractivity contribution in [1.82, 2.24) is 10.2 Å². The van der Waals surface area contributed by atoms with Gasteiger partial charge in [-0.25, -0.2) is 0 Å². The summed E-state index contributed by atoms with van der Waals surface area (Å²) in [7, 11) is 3.37. The minimum absolute atomic E-state index is 0.0556. The van der Waals surface area contributed by atoms with Crippen LogP contribution in [0.4, 0.5) is 0 Å². The van der Waals surface area contributed by atoms with Crippen LogP contribution in [0.1, 0.15) is 0 Å². The Morgan fingerprint density at radius 2 is 1.86 bits per heavy atom. The van der Waals surface area contributed by atoms with Crippen LogP contribution in [0, 0.1) is 0 Å². The zero-order chi connectivity index (χ0) is 11.6. The van der Waals surface area contributed by atoms with Crippen molar-refractivity contribution >= 4 is 11.8 Å². The number of nitrogens with zero attached hydrogens (tertiary/aromatic N) is 1. The smallest absolute Gasteiger partial charge is 0.245 e. The molecular formula is C9H16N2O3. The third-order valence-corrected chi connectivity index (χ3v) is 1.05. The van der Waals surface area contributed by atoms with Crippen LogP contribution in [0.2, 0.25) is 0 Å². The van der Waals surface area contributed by atoms with E-state index in [1.54, 1.807) is 14.1 Å². The van der Waals surface area contributed by atoms with E-state index in [1.807, 2.05) is 0 Å². The second-order valence-electron chi connectivity index (χ2n) is 2.34. The first kappa shape index (κ1) is 14.9. The Morgan fingerprint density at radius 3 is 1.93 bits per heavy atom. The summed E-state index contributed by atoms with van der Waals surface area (Å²) in [5.74, 6) is -0.414. The molecule has 0 aromatic carbocycles. The van der Waals surface area contributed by atoms with Crippen molar-refractivity contribution in [2.45, 2.75) is 0 Å². The van der Waals surface area contributed by atoms with Gasteiger partial charge in [-0.15, -0.1) is 0 Å². The lowest BCUT2D eigenvalue weighted by molar-refractivity contribution is -0.123. The molecule has 5 nitrogen and oxygen atoms in total. The quantitative estimate of drug-likeness (QED) is 0.476. The van der Waals surface area contributed by atoms with Crippen molar-refractivity contribution in [1.29, 1.82) is 0 Å². The van der Waals surface area contributed by atoms with Crippen molar-refractivity contribution < 1.29 is 14.7 Å². The molecule has 0 aromatic heterocycles. The number of likely N-dealkylation sites (N-methyl/N-ethyl adjacent to an activating group) is 1. The number of amides is 2. The largest absolute Gasteiger partial charge is 0.376 e. The lowest BCUT2D eigenvalue weighted by Gasteiger charge is -2.03. The lowest BCUT2D eigenvalue weighted by Crippen LogP contribution is -2.20. The van der Waals surface area contributed by atoms with Crippen molar-refractivity contribution in [2.24, 2.45) is 0 Å². The van der Waals surface area contributed by atoms with Crippen molar-refractivity contribution in [3.8, 4) is 0 Å². The zero-order valence-electron chi connectivity index (χ0n) is 8.49. The summed E-state index contributed by atoms with van der Waals surface area (Å²) in [5, 5.41) is 10.1. The Kier molecular flexibility index (Phi) is 10.1. The van der Waals surface area contributed by atoms with Crippen LogP contribution < -0.4 is 5.32 Å². The molecule has 0 heterocycles. The van der Waals surface area contributed by atoms with E-state index < -0.39 is 0 Å². The van der Waals surface area contributed by atoms with Crippen molar-refractivity contribution in [3.63, 3.8) is 0 Å². The summed E-state index contributed by atoms with van der Waals surface area (Å²) in [5.41, 5.74) is 0. The van der Waals surface area contributed by atoms with Crippen LogP contribution >= 0.6 is 0 Å². The average molecular weight is 200 g/mol. The number of aliphatic hydroxyl groups is 1. The normalized spacial score (nSPS) is 7.64. The van der Waals surface area contributed by atoms with Crippen LogP contribution in [0.5, 0.6) is 0 Å². The topological polar surface area (TPSA) is 69.6 Å². The SMILES string of the molecule is C=CC(=O)N(C)C.C=CC(=O)NCO. The van der Waals surface area contributed by atoms with Gasteiger partial charge in [-0.3, -0.25) is 9.59 Å². The molecule has 2 N–H and O–H groups in total. The van der Waals surface area contributed by atoms with Crippen molar-refractivity contribution in [3.05, 3.63) is 25.3 Å². The Balaban J connectivity index is 0. The highest BCUT2D eigenvalue weighted by atomic mass is 16.3. The van der Waals surface area contributed by atoms with Crippen LogP contribution in [0.25, 0.3) is 0 Å². The van der Waals surface area contributed by atoms with E-state index in [1.165, 1.54) is 11.0 Å². The Morgan fingerprint density at radius 1 is 1.36 bits per heavy atom. The average Bonchev–Trinajstić information content (AvgIpc) is 2.17. The van der Waals surface area contributed by atoms with E-state index in [0.717, 1.165) is 6.08 Å². The first-order valence-electron chi connectivity index (χ1n) is 3.84. The maximum atomic E-state index is 10.3. The predicted molar refractivity (Wildman–Crippen MR) is 54.3 cm³/mol. The fourth-order valence-electron chi connectivity index (χ4n) is 0.333. The van der Waals surface area contributed by atoms with Gasteiger partial charge in [-0.2, -0.15) is 0 Å². The number of nitrogens with one attached hydrogen (secondary N) is 1. The molecule has 0 fully saturated rings. The molecule has 2 amide bonds. The van der Waals surface area contributed by atoms with Gasteiger partial charge in [-0.05, 0) is 12.2 Å². The predicted octanol–water partition coefficient (Wildman–Crippen LogP) is -0.501. The third kappa shape index (κ3) is 10.4. The molecule has 0 aliphatic carbocycles. The fraction of sp³-hybridized carbons (Fsp3) is 0.333. The molecule has 0 bridgehead atoms. The molecule has 0 saturated heterocycles. The highest BCUT2D eigenvalue weighted by Gasteiger charge is 1.91. The minimum atomic E-state index is -0.359. The van der Waals surface area contributed by atoms with E-state index >= 15 is 0 Å². The van der Waals surface area contributed by atoms with E-state index in [4.69, 9.17) is 5.11 Å². The fourth-order valence-corrected chi connectivity index (χ4v) is 0.333. The van der Waals surface area contributed by atoms with Crippen LogP contribution in [0.15, 0.2) is 25.3 Å². The number of carbonyl (C=O) groups is 2.